The van der Waals surface area contributed by atoms with Crippen molar-refractivity contribution in [3.63, 3.8) is 0 Å². The number of nitrogens with zero attached hydrogens (tertiary/aromatic N) is 4. The van der Waals surface area contributed by atoms with Crippen molar-refractivity contribution in [2.24, 2.45) is 7.05 Å². The summed E-state index contributed by atoms with van der Waals surface area (Å²) in [5.74, 6) is 1.24. The van der Waals surface area contributed by atoms with Crippen LogP contribution in [0.25, 0.3) is 0 Å². The van der Waals surface area contributed by atoms with Crippen LogP contribution >= 0.6 is 0 Å². The predicted molar refractivity (Wildman–Crippen MR) is 110 cm³/mol. The van der Waals surface area contributed by atoms with Crippen molar-refractivity contribution in [2.75, 3.05) is 26.1 Å². The van der Waals surface area contributed by atoms with Crippen molar-refractivity contribution in [2.45, 2.75) is 31.8 Å². The number of nitrogens with one attached hydrogen (secondary N) is 1. The van der Waals surface area contributed by atoms with Gasteiger partial charge >= 0.3 is 5.69 Å². The smallest absolute Gasteiger partial charge is 0.346 e. The molecule has 0 unspecified atom stereocenters. The van der Waals surface area contributed by atoms with Gasteiger partial charge in [0, 0.05) is 32.6 Å². The molecular weight excluding hydrogens is 426 g/mol. The predicted octanol–water partition coefficient (Wildman–Crippen LogP) is -0.234. The highest BCUT2D eigenvalue weighted by Crippen LogP contribution is 2.32. The summed E-state index contributed by atoms with van der Waals surface area (Å²) < 4.78 is 38.3. The van der Waals surface area contributed by atoms with Gasteiger partial charge in [0.1, 0.15) is 12.4 Å². The molecule has 2 aliphatic rings. The van der Waals surface area contributed by atoms with E-state index in [9.17, 15) is 18.0 Å². The molecule has 0 saturated carbocycles. The van der Waals surface area contributed by atoms with E-state index in [-0.39, 0.29) is 38.3 Å². The van der Waals surface area contributed by atoms with Crippen LogP contribution in [0.5, 0.6) is 11.5 Å². The second kappa shape index (κ2) is 8.35. The molecule has 2 aliphatic heterocycles. The average molecular weight is 452 g/mol. The molecule has 1 aromatic carbocycles. The summed E-state index contributed by atoms with van der Waals surface area (Å²) in [7, 11) is -1.72. The van der Waals surface area contributed by atoms with E-state index < -0.39 is 15.7 Å². The molecule has 31 heavy (non-hydrogen) atoms. The van der Waals surface area contributed by atoms with Crippen LogP contribution in [0, 0.1) is 0 Å². The molecule has 12 heteroatoms. The number of piperidine rings is 1. The maximum atomic E-state index is 12.6. The third-order valence-corrected chi connectivity index (χ3v) is 6.78. The summed E-state index contributed by atoms with van der Waals surface area (Å²) >= 11 is 0. The number of sulfonamides is 1. The van der Waals surface area contributed by atoms with Gasteiger partial charge in [-0.2, -0.15) is 5.10 Å². The number of carbonyl (C=O) groups excluding carboxylic acids is 1. The highest BCUT2D eigenvalue weighted by molar-refractivity contribution is 7.88. The van der Waals surface area contributed by atoms with Gasteiger partial charge in [-0.25, -0.2) is 22.2 Å². The van der Waals surface area contributed by atoms with Gasteiger partial charge in [0.05, 0.1) is 6.26 Å². The highest BCUT2D eigenvalue weighted by Gasteiger charge is 2.30. The number of aromatic nitrogens is 3. The largest absolute Gasteiger partial charge is 0.454 e. The first-order valence-electron chi connectivity index (χ1n) is 9.96. The van der Waals surface area contributed by atoms with Crippen LogP contribution in [-0.4, -0.2) is 59.1 Å². The van der Waals surface area contributed by atoms with Crippen LogP contribution in [0.1, 0.15) is 30.1 Å². The minimum Gasteiger partial charge on any atom is -0.454 e. The molecule has 0 spiro atoms. The summed E-state index contributed by atoms with van der Waals surface area (Å²) in [5.41, 5.74) is 0.430. The number of rotatable bonds is 6. The van der Waals surface area contributed by atoms with E-state index in [1.54, 1.807) is 19.2 Å². The Hall–Kier alpha value is -2.86. The second-order valence-electron chi connectivity index (χ2n) is 7.78. The Labute approximate surface area is 179 Å². The van der Waals surface area contributed by atoms with E-state index in [1.807, 2.05) is 6.07 Å². The lowest BCUT2D eigenvalue weighted by atomic mass is 9.99. The van der Waals surface area contributed by atoms with Crippen LogP contribution in [0.3, 0.4) is 0 Å². The van der Waals surface area contributed by atoms with E-state index in [0.717, 1.165) is 16.7 Å². The molecule has 11 nitrogen and oxygen atoms in total. The summed E-state index contributed by atoms with van der Waals surface area (Å²) in [6, 6.07) is 5.41. The molecular formula is C19H25N5O6S. The van der Waals surface area contributed by atoms with E-state index in [2.05, 4.69) is 10.4 Å². The first-order chi connectivity index (χ1) is 14.7. The van der Waals surface area contributed by atoms with Crippen molar-refractivity contribution in [1.82, 2.24) is 24.0 Å². The van der Waals surface area contributed by atoms with Crippen LogP contribution < -0.4 is 20.5 Å². The molecule has 1 aromatic heterocycles. The second-order valence-corrected chi connectivity index (χ2v) is 9.76. The molecule has 1 fully saturated rings. The Balaban J connectivity index is 1.41. The molecule has 0 radical (unpaired) electrons. The standard InChI is InChI=1S/C19H25N5O6S/c1-22-18(14-4-3-7-23(10-14)31(2,27)28)21-24(19(22)26)11-17(25)20-9-13-5-6-15-16(8-13)30-12-29-15/h5-6,8,14H,3-4,7,9-12H2,1-2H3,(H,20,25)/t14-/m0/s1. The number of fused-ring (bicyclic) bond motifs is 1. The molecule has 3 heterocycles. The number of hydrogen-bond donors (Lipinski definition) is 1. The number of ether oxygens (including phenoxy) is 2. The fourth-order valence-corrected chi connectivity index (χ4v) is 4.77. The maximum Gasteiger partial charge on any atom is 0.346 e. The lowest BCUT2D eigenvalue weighted by Crippen LogP contribution is -2.39. The lowest BCUT2D eigenvalue weighted by Gasteiger charge is -2.30. The van der Waals surface area contributed by atoms with E-state index >= 15 is 0 Å². The van der Waals surface area contributed by atoms with Crippen molar-refractivity contribution < 1.29 is 22.7 Å². The third-order valence-electron chi connectivity index (χ3n) is 5.51. The maximum absolute atomic E-state index is 12.6. The summed E-state index contributed by atoms with van der Waals surface area (Å²) in [6.45, 7) is 0.973. The zero-order valence-electron chi connectivity index (χ0n) is 17.4. The van der Waals surface area contributed by atoms with Gasteiger partial charge in [-0.3, -0.25) is 9.36 Å². The first-order valence-corrected chi connectivity index (χ1v) is 11.8. The van der Waals surface area contributed by atoms with Crippen LogP contribution in [0.4, 0.5) is 0 Å². The van der Waals surface area contributed by atoms with E-state index in [0.29, 0.717) is 30.3 Å². The molecule has 1 atom stereocenters. The SMILES string of the molecule is Cn1c([C@H]2CCCN(S(C)(=O)=O)C2)nn(CC(=O)NCc2ccc3c(c2)OCO3)c1=O. The molecule has 0 bridgehead atoms. The van der Waals surface area contributed by atoms with Crippen molar-refractivity contribution in [3.05, 3.63) is 40.1 Å². The molecule has 1 amide bonds. The molecule has 1 N–H and O–H groups in total. The van der Waals surface area contributed by atoms with Crippen molar-refractivity contribution in [1.29, 1.82) is 0 Å². The summed E-state index contributed by atoms with van der Waals surface area (Å²) in [4.78, 5) is 25.0. The lowest BCUT2D eigenvalue weighted by molar-refractivity contribution is -0.122. The number of carbonyl (C=O) groups is 1. The Morgan fingerprint density at radius 3 is 2.84 bits per heavy atom. The van der Waals surface area contributed by atoms with E-state index in [4.69, 9.17) is 9.47 Å². The van der Waals surface area contributed by atoms with Crippen molar-refractivity contribution in [3.8, 4) is 11.5 Å². The zero-order valence-corrected chi connectivity index (χ0v) is 18.2. The number of hydrogen-bond acceptors (Lipinski definition) is 7. The molecule has 4 rings (SSSR count). The quantitative estimate of drug-likeness (QED) is 0.643. The van der Waals surface area contributed by atoms with Gasteiger partial charge in [-0.05, 0) is 30.5 Å². The molecule has 2 aromatic rings. The topological polar surface area (TPSA) is 125 Å². The average Bonchev–Trinajstić information content (AvgIpc) is 3.31. The van der Waals surface area contributed by atoms with Gasteiger partial charge < -0.3 is 14.8 Å². The first kappa shape index (κ1) is 21.4. The Morgan fingerprint density at radius 1 is 1.29 bits per heavy atom. The summed E-state index contributed by atoms with van der Waals surface area (Å²) in [5, 5.41) is 7.11. The van der Waals surface area contributed by atoms with Gasteiger partial charge in [0.25, 0.3) is 0 Å². The normalized spacial score (nSPS) is 18.8. The number of amides is 1. The molecule has 168 valence electrons. The minimum absolute atomic E-state index is 0.180. The Bertz CT molecular complexity index is 1160. The van der Waals surface area contributed by atoms with Crippen LogP contribution in [0.15, 0.2) is 23.0 Å². The van der Waals surface area contributed by atoms with Crippen LogP contribution in [-0.2, 0) is 35.0 Å². The fraction of sp³-hybridized carbons (Fsp3) is 0.526. The molecule has 1 saturated heterocycles. The van der Waals surface area contributed by atoms with Gasteiger partial charge in [-0.15, -0.1) is 0 Å². The van der Waals surface area contributed by atoms with Gasteiger partial charge in [0.2, 0.25) is 22.7 Å². The third kappa shape index (κ3) is 4.59. The Kier molecular flexibility index (Phi) is 5.75. The zero-order chi connectivity index (χ0) is 22.2. The van der Waals surface area contributed by atoms with Crippen molar-refractivity contribution >= 4 is 15.9 Å². The van der Waals surface area contributed by atoms with Crippen LogP contribution in [0.2, 0.25) is 0 Å². The fourth-order valence-electron chi connectivity index (χ4n) is 3.86. The minimum atomic E-state index is -3.31. The highest BCUT2D eigenvalue weighted by atomic mass is 32.2. The Morgan fingerprint density at radius 2 is 2.06 bits per heavy atom. The molecule has 0 aliphatic carbocycles. The number of benzene rings is 1. The monoisotopic (exact) mass is 451 g/mol. The summed E-state index contributed by atoms with van der Waals surface area (Å²) in [6.07, 6.45) is 2.60. The van der Waals surface area contributed by atoms with Gasteiger partial charge in [0.15, 0.2) is 11.5 Å². The van der Waals surface area contributed by atoms with Gasteiger partial charge in [-0.1, -0.05) is 6.07 Å². The van der Waals surface area contributed by atoms with E-state index in [1.165, 1.54) is 15.1 Å².